The van der Waals surface area contributed by atoms with Gasteiger partial charge in [0.1, 0.15) is 0 Å². The zero-order valence-corrected chi connectivity index (χ0v) is 13.9. The quantitative estimate of drug-likeness (QED) is 0.706. The Labute approximate surface area is 143 Å². The molecule has 2 heterocycles. The molecule has 2 aromatic heterocycles. The van der Waals surface area contributed by atoms with Gasteiger partial charge in [-0.1, -0.05) is 6.07 Å². The molecule has 1 aromatic carbocycles. The van der Waals surface area contributed by atoms with Gasteiger partial charge in [0.2, 0.25) is 0 Å². The highest BCUT2D eigenvalue weighted by Crippen LogP contribution is 2.14. The number of pyridine rings is 1. The molecule has 0 bridgehead atoms. The van der Waals surface area contributed by atoms with Crippen LogP contribution in [0.3, 0.4) is 0 Å². The zero-order chi connectivity index (χ0) is 18.0. The summed E-state index contributed by atoms with van der Waals surface area (Å²) in [5.74, 6) is -0.282. The number of carbonyl (C=O) groups excluding carboxylic acids is 1. The predicted octanol–water partition coefficient (Wildman–Crippen LogP) is 1.60. The molecule has 2 N–H and O–H groups in total. The number of aromatic nitrogens is 3. The van der Waals surface area contributed by atoms with Crippen LogP contribution >= 0.6 is 0 Å². The minimum absolute atomic E-state index is 0.256. The van der Waals surface area contributed by atoms with E-state index in [0.717, 1.165) is 5.69 Å². The van der Waals surface area contributed by atoms with Crippen molar-refractivity contribution in [3.8, 4) is 0 Å². The third-order valence-corrected chi connectivity index (χ3v) is 4.03. The van der Waals surface area contributed by atoms with Crippen LogP contribution < -0.4 is 16.4 Å². The summed E-state index contributed by atoms with van der Waals surface area (Å²) < 4.78 is 1.38. The molecule has 0 aliphatic heterocycles. The number of hydrogen-bond acceptors (Lipinski definition) is 4. The first-order valence-electron chi connectivity index (χ1n) is 8.00. The van der Waals surface area contributed by atoms with Crippen molar-refractivity contribution in [2.45, 2.75) is 26.4 Å². The fraction of sp³-hybridized carbons (Fsp3) is 0.222. The van der Waals surface area contributed by atoms with Crippen LogP contribution in [0.15, 0.2) is 52.2 Å². The van der Waals surface area contributed by atoms with Crippen molar-refractivity contribution in [1.82, 2.24) is 19.9 Å². The molecule has 1 unspecified atom stereocenters. The van der Waals surface area contributed by atoms with Crippen LogP contribution in [-0.2, 0) is 6.54 Å². The number of benzene rings is 1. The Balaban J connectivity index is 1.94. The molecule has 3 rings (SSSR count). The molecular weight excluding hydrogens is 320 g/mol. The van der Waals surface area contributed by atoms with E-state index in [0.29, 0.717) is 23.1 Å². The lowest BCUT2D eigenvalue weighted by Gasteiger charge is -2.14. The van der Waals surface area contributed by atoms with E-state index in [1.807, 2.05) is 25.1 Å². The Morgan fingerprint density at radius 2 is 2.08 bits per heavy atom. The van der Waals surface area contributed by atoms with E-state index in [4.69, 9.17) is 0 Å². The third kappa shape index (κ3) is 3.21. The van der Waals surface area contributed by atoms with Crippen LogP contribution in [0.4, 0.5) is 0 Å². The number of aryl methyl sites for hydroxylation is 1. The number of H-pyrrole nitrogens is 1. The van der Waals surface area contributed by atoms with Crippen molar-refractivity contribution in [3.05, 3.63) is 74.6 Å². The monoisotopic (exact) mass is 338 g/mol. The minimum Gasteiger partial charge on any atom is -0.344 e. The van der Waals surface area contributed by atoms with Crippen molar-refractivity contribution in [1.29, 1.82) is 0 Å². The molecular formula is C18H18N4O3. The Bertz CT molecular complexity index is 1040. The van der Waals surface area contributed by atoms with Crippen LogP contribution in [0.25, 0.3) is 11.0 Å². The number of fused-ring (bicyclic) bond motifs is 1. The van der Waals surface area contributed by atoms with Gasteiger partial charge in [0.25, 0.3) is 5.91 Å². The number of aromatic amines is 1. The number of hydrogen-bond donors (Lipinski definition) is 2. The summed E-state index contributed by atoms with van der Waals surface area (Å²) in [5, 5.41) is 2.87. The molecule has 0 spiro atoms. The van der Waals surface area contributed by atoms with E-state index in [1.54, 1.807) is 31.3 Å². The van der Waals surface area contributed by atoms with Crippen LogP contribution in [0, 0.1) is 0 Å². The average Bonchev–Trinajstić information content (AvgIpc) is 2.63. The molecule has 3 aromatic rings. The second-order valence-electron chi connectivity index (χ2n) is 5.69. The number of rotatable bonds is 4. The molecule has 1 amide bonds. The Kier molecular flexibility index (Phi) is 4.47. The first kappa shape index (κ1) is 16.6. The minimum atomic E-state index is -0.700. The van der Waals surface area contributed by atoms with Crippen molar-refractivity contribution < 1.29 is 4.79 Å². The second-order valence-corrected chi connectivity index (χ2v) is 5.69. The van der Waals surface area contributed by atoms with Gasteiger partial charge >= 0.3 is 11.1 Å². The largest absolute Gasteiger partial charge is 0.344 e. The van der Waals surface area contributed by atoms with Crippen molar-refractivity contribution >= 4 is 16.9 Å². The normalized spacial score (nSPS) is 12.1. The van der Waals surface area contributed by atoms with Gasteiger partial charge in [0, 0.05) is 18.3 Å². The summed E-state index contributed by atoms with van der Waals surface area (Å²) in [6, 6.07) is 10.1. The molecule has 0 saturated carbocycles. The maximum absolute atomic E-state index is 12.5. The van der Waals surface area contributed by atoms with Gasteiger partial charge in [0.05, 0.1) is 22.8 Å². The summed E-state index contributed by atoms with van der Waals surface area (Å²) in [7, 11) is 0. The molecule has 7 nitrogen and oxygen atoms in total. The molecule has 25 heavy (non-hydrogen) atoms. The first-order valence-corrected chi connectivity index (χ1v) is 8.00. The fourth-order valence-corrected chi connectivity index (χ4v) is 2.72. The van der Waals surface area contributed by atoms with Gasteiger partial charge in [0.15, 0.2) is 0 Å². The number of nitrogens with one attached hydrogen (secondary N) is 2. The molecule has 0 radical (unpaired) electrons. The summed E-state index contributed by atoms with van der Waals surface area (Å²) in [6.07, 6.45) is 1.67. The van der Waals surface area contributed by atoms with E-state index >= 15 is 0 Å². The van der Waals surface area contributed by atoms with Gasteiger partial charge in [-0.2, -0.15) is 0 Å². The molecule has 128 valence electrons. The Morgan fingerprint density at radius 1 is 1.28 bits per heavy atom. The summed E-state index contributed by atoms with van der Waals surface area (Å²) in [6.45, 7) is 4.01. The van der Waals surface area contributed by atoms with E-state index in [-0.39, 0.29) is 11.9 Å². The van der Waals surface area contributed by atoms with Crippen LogP contribution in [0.1, 0.15) is 35.9 Å². The second kappa shape index (κ2) is 6.72. The summed E-state index contributed by atoms with van der Waals surface area (Å²) in [4.78, 5) is 42.9. The third-order valence-electron chi connectivity index (χ3n) is 4.03. The molecule has 0 aliphatic rings. The molecule has 0 fully saturated rings. The van der Waals surface area contributed by atoms with Gasteiger partial charge in [-0.15, -0.1) is 0 Å². The fourth-order valence-electron chi connectivity index (χ4n) is 2.72. The highest BCUT2D eigenvalue weighted by atomic mass is 16.2. The molecule has 1 atom stereocenters. The number of nitrogens with zero attached hydrogens (tertiary/aromatic N) is 2. The lowest BCUT2D eigenvalue weighted by molar-refractivity contribution is 0.0939. The highest BCUT2D eigenvalue weighted by molar-refractivity contribution is 5.97. The van der Waals surface area contributed by atoms with E-state index in [9.17, 15) is 14.4 Å². The van der Waals surface area contributed by atoms with Gasteiger partial charge in [-0.05, 0) is 44.2 Å². The van der Waals surface area contributed by atoms with Crippen molar-refractivity contribution in [2.75, 3.05) is 0 Å². The predicted molar refractivity (Wildman–Crippen MR) is 94.6 cm³/mol. The van der Waals surface area contributed by atoms with Crippen molar-refractivity contribution in [3.63, 3.8) is 0 Å². The van der Waals surface area contributed by atoms with E-state index < -0.39 is 11.1 Å². The molecule has 0 aliphatic carbocycles. The van der Waals surface area contributed by atoms with Crippen LogP contribution in [0.2, 0.25) is 0 Å². The first-order chi connectivity index (χ1) is 12.0. The number of carbonyl (C=O) groups is 1. The summed E-state index contributed by atoms with van der Waals surface area (Å²) >= 11 is 0. The smallest absolute Gasteiger partial charge is 0.316 e. The van der Waals surface area contributed by atoms with E-state index in [2.05, 4.69) is 15.3 Å². The summed E-state index contributed by atoms with van der Waals surface area (Å²) in [5.41, 5.74) is 0.882. The van der Waals surface area contributed by atoms with E-state index in [1.165, 1.54) is 4.57 Å². The number of amides is 1. The van der Waals surface area contributed by atoms with Gasteiger partial charge in [-0.3, -0.25) is 19.4 Å². The van der Waals surface area contributed by atoms with Crippen LogP contribution in [-0.4, -0.2) is 20.4 Å². The average molecular weight is 338 g/mol. The molecule has 7 heteroatoms. The van der Waals surface area contributed by atoms with Gasteiger partial charge in [-0.25, -0.2) is 0 Å². The topological polar surface area (TPSA) is 96.9 Å². The molecule has 0 saturated heterocycles. The standard InChI is InChI=1S/C18H18N4O3/c1-3-22-15-8-7-12(10-14(15)21-17(24)18(22)25)16(23)20-11(2)13-6-4-5-9-19-13/h4-11H,3H2,1-2H3,(H,20,23)(H,21,24). The SMILES string of the molecule is CCn1c(=O)c(=O)[nH]c2cc(C(=O)NC(C)c3ccccn3)ccc21. The Hall–Kier alpha value is -3.22. The maximum atomic E-state index is 12.5. The lowest BCUT2D eigenvalue weighted by atomic mass is 10.1. The maximum Gasteiger partial charge on any atom is 0.316 e. The van der Waals surface area contributed by atoms with Crippen LogP contribution in [0.5, 0.6) is 0 Å². The zero-order valence-electron chi connectivity index (χ0n) is 13.9. The van der Waals surface area contributed by atoms with Crippen molar-refractivity contribution in [2.24, 2.45) is 0 Å². The van der Waals surface area contributed by atoms with Gasteiger partial charge < -0.3 is 14.9 Å². The highest BCUT2D eigenvalue weighted by Gasteiger charge is 2.14. The lowest BCUT2D eigenvalue weighted by Crippen LogP contribution is -2.36. The Morgan fingerprint density at radius 3 is 2.76 bits per heavy atom.